The maximum absolute atomic E-state index is 12.7. The average molecular weight is 344 g/mol. The number of hydrogen-bond donors (Lipinski definition) is 2. The summed E-state index contributed by atoms with van der Waals surface area (Å²) in [5, 5.41) is 17.8. The summed E-state index contributed by atoms with van der Waals surface area (Å²) >= 11 is 0. The third kappa shape index (κ3) is 8.42. The Morgan fingerprint density at radius 3 is 2.00 bits per heavy atom. The zero-order valence-electron chi connectivity index (χ0n) is 14.7. The lowest BCUT2D eigenvalue weighted by atomic mass is 9.87. The molecule has 0 heterocycles. The van der Waals surface area contributed by atoms with Gasteiger partial charge in [-0.3, -0.25) is 9.59 Å². The lowest BCUT2D eigenvalue weighted by Crippen LogP contribution is -2.57. The Morgan fingerprint density at radius 1 is 1.08 bits per heavy atom. The smallest absolute Gasteiger partial charge is 0.332 e. The third-order valence-corrected chi connectivity index (χ3v) is 2.93. The predicted molar refractivity (Wildman–Crippen MR) is 85.2 cm³/mol. The van der Waals surface area contributed by atoms with E-state index < -0.39 is 35.7 Å². The fourth-order valence-corrected chi connectivity index (χ4v) is 2.30. The highest BCUT2D eigenvalue weighted by atomic mass is 16.6. The van der Waals surface area contributed by atoms with Gasteiger partial charge in [0.15, 0.2) is 5.78 Å². The molecule has 8 heteroatoms. The molecule has 0 radical (unpaired) electrons. The topological polar surface area (TPSA) is 118 Å². The molecule has 0 aromatic rings. The number of hydrogen-bond acceptors (Lipinski definition) is 5. The molecule has 0 aromatic heterocycles. The van der Waals surface area contributed by atoms with Crippen molar-refractivity contribution in [3.8, 4) is 0 Å². The summed E-state index contributed by atoms with van der Waals surface area (Å²) in [5.41, 5.74) is -1.85. The number of rotatable bonds is 10. The van der Waals surface area contributed by atoms with Crippen LogP contribution in [0.3, 0.4) is 0 Å². The van der Waals surface area contributed by atoms with Gasteiger partial charge in [0.25, 0.3) is 0 Å². The number of nitrogens with zero attached hydrogens (tertiary/aromatic N) is 1. The van der Waals surface area contributed by atoms with Crippen molar-refractivity contribution in [2.24, 2.45) is 5.92 Å². The molecule has 0 bridgehead atoms. The van der Waals surface area contributed by atoms with Gasteiger partial charge in [0.1, 0.15) is 6.54 Å². The van der Waals surface area contributed by atoms with Gasteiger partial charge in [-0.15, -0.1) is 0 Å². The molecule has 0 aliphatic rings. The second-order valence-electron chi connectivity index (χ2n) is 7.13. The molecule has 0 rings (SSSR count). The summed E-state index contributed by atoms with van der Waals surface area (Å²) in [4.78, 5) is 46.3. The van der Waals surface area contributed by atoms with E-state index in [9.17, 15) is 24.3 Å². The number of carboxylic acid groups (broad SMARTS) is 2. The highest BCUT2D eigenvalue weighted by Gasteiger charge is 2.48. The summed E-state index contributed by atoms with van der Waals surface area (Å²) in [6, 6.07) is 0. The van der Waals surface area contributed by atoms with Crippen LogP contribution < -0.4 is 0 Å². The molecule has 0 amide bonds. The van der Waals surface area contributed by atoms with E-state index in [2.05, 4.69) is 0 Å². The maximum Gasteiger partial charge on any atom is 0.332 e. The number of carboxylic acids is 2. The number of quaternary nitrogens is 1. The zero-order chi connectivity index (χ0) is 19.1. The van der Waals surface area contributed by atoms with Crippen LogP contribution in [-0.2, 0) is 23.9 Å². The lowest BCUT2D eigenvalue weighted by Gasteiger charge is -2.37. The Kier molecular flexibility index (Phi) is 7.79. The number of likely N-dealkylation sites (N-methyl/N-ethyl adjacent to an activating group) is 1. The van der Waals surface area contributed by atoms with Crippen LogP contribution in [0.2, 0.25) is 0 Å². The maximum atomic E-state index is 12.7. The number of ketones is 1. The Morgan fingerprint density at radius 2 is 1.62 bits per heavy atom. The molecular weight excluding hydrogens is 318 g/mol. The van der Waals surface area contributed by atoms with Crippen molar-refractivity contribution < 1.29 is 38.6 Å². The third-order valence-electron chi connectivity index (χ3n) is 2.93. The Labute approximate surface area is 141 Å². The number of esters is 1. The highest BCUT2D eigenvalue weighted by molar-refractivity contribution is 5.96. The molecule has 0 aliphatic heterocycles. The van der Waals surface area contributed by atoms with Crippen molar-refractivity contribution in [2.75, 3.05) is 27.7 Å². The van der Waals surface area contributed by atoms with Crippen molar-refractivity contribution in [3.05, 3.63) is 12.2 Å². The minimum absolute atomic E-state index is 0.0441. The number of Topliss-reactive ketones (excluding diaryl/α,β-unsaturated/α-hetero) is 1. The van der Waals surface area contributed by atoms with Gasteiger partial charge >= 0.3 is 17.9 Å². The summed E-state index contributed by atoms with van der Waals surface area (Å²) in [6.45, 7) is 3.54. The first-order chi connectivity index (χ1) is 10.8. The first-order valence-corrected chi connectivity index (χ1v) is 7.47. The average Bonchev–Trinajstić information content (AvgIpc) is 2.32. The fourth-order valence-electron chi connectivity index (χ4n) is 2.30. The number of carbonyl (C=O) groups excluding carboxylic acids is 2. The first kappa shape index (κ1) is 21.8. The Balaban J connectivity index is 5.78. The van der Waals surface area contributed by atoms with E-state index in [4.69, 9.17) is 9.84 Å². The molecule has 0 unspecified atom stereocenters. The molecular formula is C16H26NO7+. The van der Waals surface area contributed by atoms with E-state index in [1.165, 1.54) is 0 Å². The van der Waals surface area contributed by atoms with Crippen LogP contribution in [0.4, 0.5) is 0 Å². The normalized spacial score (nSPS) is 14.4. The Bertz CT molecular complexity index is 531. The summed E-state index contributed by atoms with van der Waals surface area (Å²) in [7, 11) is 5.21. The molecule has 0 aromatic carbocycles. The molecule has 0 spiro atoms. The SMILES string of the molecule is CC(C)CC(=O)[C@@](CC(=O)O)(C[N+](C)(C)C)OC(=O)/C=C/C(=O)O. The number of carbonyl (C=O) groups is 4. The summed E-state index contributed by atoms with van der Waals surface area (Å²) in [5.74, 6) is -4.24. The Hall–Kier alpha value is -2.22. The molecule has 2 N–H and O–H groups in total. The van der Waals surface area contributed by atoms with Gasteiger partial charge in [0.05, 0.1) is 27.6 Å². The van der Waals surface area contributed by atoms with Gasteiger partial charge in [0, 0.05) is 18.6 Å². The van der Waals surface area contributed by atoms with Crippen LogP contribution in [0.15, 0.2) is 12.2 Å². The molecule has 136 valence electrons. The number of aliphatic carboxylic acids is 2. The van der Waals surface area contributed by atoms with E-state index >= 15 is 0 Å². The zero-order valence-corrected chi connectivity index (χ0v) is 14.7. The van der Waals surface area contributed by atoms with Crippen molar-refractivity contribution in [1.29, 1.82) is 0 Å². The van der Waals surface area contributed by atoms with Crippen LogP contribution in [0, 0.1) is 5.92 Å². The quantitative estimate of drug-likeness (QED) is 0.340. The van der Waals surface area contributed by atoms with Crippen molar-refractivity contribution in [1.82, 2.24) is 0 Å². The van der Waals surface area contributed by atoms with Crippen LogP contribution in [-0.4, -0.2) is 71.7 Å². The second kappa shape index (κ2) is 8.58. The minimum atomic E-state index is -1.85. The largest absolute Gasteiger partial charge is 0.481 e. The van der Waals surface area contributed by atoms with Crippen LogP contribution in [0.25, 0.3) is 0 Å². The number of ether oxygens (including phenoxy) is 1. The van der Waals surface area contributed by atoms with Crippen molar-refractivity contribution >= 4 is 23.7 Å². The minimum Gasteiger partial charge on any atom is -0.481 e. The van der Waals surface area contributed by atoms with Gasteiger partial charge < -0.3 is 19.4 Å². The monoisotopic (exact) mass is 344 g/mol. The van der Waals surface area contributed by atoms with Crippen molar-refractivity contribution in [3.63, 3.8) is 0 Å². The molecule has 24 heavy (non-hydrogen) atoms. The van der Waals surface area contributed by atoms with Crippen LogP contribution >= 0.6 is 0 Å². The summed E-state index contributed by atoms with van der Waals surface area (Å²) in [6.07, 6.45) is 0.605. The highest BCUT2D eigenvalue weighted by Crippen LogP contribution is 2.25. The van der Waals surface area contributed by atoms with Gasteiger partial charge in [-0.2, -0.15) is 0 Å². The fraction of sp³-hybridized carbons (Fsp3) is 0.625. The molecule has 0 aliphatic carbocycles. The van der Waals surface area contributed by atoms with E-state index in [1.54, 1.807) is 35.0 Å². The molecule has 8 nitrogen and oxygen atoms in total. The molecule has 0 fully saturated rings. The van der Waals surface area contributed by atoms with Gasteiger partial charge in [-0.25, -0.2) is 9.59 Å². The standard InChI is InChI=1S/C16H25NO7/c1-11(2)8-12(18)16(9-14(21)22,10-17(3,4)5)24-15(23)7-6-13(19)20/h6-7,11H,8-10H2,1-5H3,(H-,19,20,21,22)/p+1/b7-6+/t16-/m1/s1. The van der Waals surface area contributed by atoms with E-state index in [0.29, 0.717) is 12.2 Å². The molecule has 0 saturated heterocycles. The van der Waals surface area contributed by atoms with Gasteiger partial charge in [-0.1, -0.05) is 13.8 Å². The van der Waals surface area contributed by atoms with Crippen molar-refractivity contribution in [2.45, 2.75) is 32.3 Å². The lowest BCUT2D eigenvalue weighted by molar-refractivity contribution is -0.875. The predicted octanol–water partition coefficient (Wildman–Crippen LogP) is 0.705. The van der Waals surface area contributed by atoms with Crippen LogP contribution in [0.1, 0.15) is 26.7 Å². The van der Waals surface area contributed by atoms with Gasteiger partial charge in [-0.05, 0) is 5.92 Å². The van der Waals surface area contributed by atoms with Crippen LogP contribution in [0.5, 0.6) is 0 Å². The van der Waals surface area contributed by atoms with Gasteiger partial charge in [0.2, 0.25) is 5.60 Å². The van der Waals surface area contributed by atoms with E-state index in [0.717, 1.165) is 0 Å². The second-order valence-corrected chi connectivity index (χ2v) is 7.13. The van der Waals surface area contributed by atoms with E-state index in [1.807, 2.05) is 0 Å². The van der Waals surface area contributed by atoms with E-state index in [-0.39, 0.29) is 23.4 Å². The molecule has 0 saturated carbocycles. The summed E-state index contributed by atoms with van der Waals surface area (Å²) < 4.78 is 5.39. The first-order valence-electron chi connectivity index (χ1n) is 7.47. The molecule has 1 atom stereocenters.